The lowest BCUT2D eigenvalue weighted by Crippen LogP contribution is -2.22. The lowest BCUT2D eigenvalue weighted by Gasteiger charge is -2.17. The van der Waals surface area contributed by atoms with Crippen molar-refractivity contribution in [2.45, 2.75) is 36.7 Å². The second-order valence-electron chi connectivity index (χ2n) is 8.13. The van der Waals surface area contributed by atoms with Gasteiger partial charge in [-0.2, -0.15) is 11.8 Å². The lowest BCUT2D eigenvalue weighted by atomic mass is 9.99. The molecule has 0 radical (unpaired) electrons. The molecule has 3 N–H and O–H groups in total. The Morgan fingerprint density at radius 3 is 2.61 bits per heavy atom. The molecule has 0 bridgehead atoms. The van der Waals surface area contributed by atoms with Gasteiger partial charge in [0.15, 0.2) is 0 Å². The smallest absolute Gasteiger partial charge is 0.313 e. The maximum absolute atomic E-state index is 12.4. The molecule has 33 heavy (non-hydrogen) atoms. The van der Waals surface area contributed by atoms with Crippen molar-refractivity contribution in [1.29, 1.82) is 0 Å². The van der Waals surface area contributed by atoms with Gasteiger partial charge in [-0.05, 0) is 34.6 Å². The number of ketones is 1. The number of rotatable bonds is 12. The maximum atomic E-state index is 12.4. The number of carboxylic acid groups (broad SMARTS) is 1. The van der Waals surface area contributed by atoms with Crippen LogP contribution in [-0.4, -0.2) is 61.8 Å². The van der Waals surface area contributed by atoms with Gasteiger partial charge < -0.3 is 15.3 Å². The van der Waals surface area contributed by atoms with Crippen molar-refractivity contribution >= 4 is 35.3 Å². The van der Waals surface area contributed by atoms with Gasteiger partial charge in [0.2, 0.25) is 0 Å². The Morgan fingerprint density at radius 2 is 1.85 bits per heavy atom. The Balaban J connectivity index is 1.53. The van der Waals surface area contributed by atoms with Crippen LogP contribution in [0.15, 0.2) is 66.7 Å². The average Bonchev–Trinajstić information content (AvgIpc) is 3.07. The fourth-order valence-corrected chi connectivity index (χ4v) is 6.10. The number of carbonyl (C=O) groups is 2. The SMILES string of the molecule is O=C(O)CSCCCS[C@H]1C(=O)C[C@@H](O)[C@@H]1/C=C/C(O)Cc1cccc(-c2ccccc2)c1. The van der Waals surface area contributed by atoms with Crippen LogP contribution in [0.4, 0.5) is 0 Å². The fourth-order valence-electron chi connectivity index (χ4n) is 3.91. The molecule has 3 rings (SSSR count). The van der Waals surface area contributed by atoms with E-state index < -0.39 is 18.2 Å². The van der Waals surface area contributed by atoms with Crippen molar-refractivity contribution in [3.05, 3.63) is 72.3 Å². The van der Waals surface area contributed by atoms with E-state index >= 15 is 0 Å². The quantitative estimate of drug-likeness (QED) is 0.307. The summed E-state index contributed by atoms with van der Waals surface area (Å²) >= 11 is 2.88. The molecule has 2 aromatic carbocycles. The third kappa shape index (κ3) is 8.03. The van der Waals surface area contributed by atoms with Crippen LogP contribution >= 0.6 is 23.5 Å². The largest absolute Gasteiger partial charge is 0.481 e. The van der Waals surface area contributed by atoms with Crippen LogP contribution in [0, 0.1) is 5.92 Å². The summed E-state index contributed by atoms with van der Waals surface area (Å²) in [6.45, 7) is 0. The number of aliphatic hydroxyl groups is 2. The van der Waals surface area contributed by atoms with E-state index in [-0.39, 0.29) is 29.1 Å². The summed E-state index contributed by atoms with van der Waals surface area (Å²) in [5.74, 6) is 0.435. The Kier molecular flexibility index (Phi) is 10.1. The van der Waals surface area contributed by atoms with Gasteiger partial charge >= 0.3 is 5.97 Å². The summed E-state index contributed by atoms with van der Waals surface area (Å²) in [6, 6.07) is 18.2. The minimum atomic E-state index is -0.822. The molecule has 0 heterocycles. The zero-order valence-electron chi connectivity index (χ0n) is 18.4. The highest BCUT2D eigenvalue weighted by molar-refractivity contribution is 8.01. The first kappa shape index (κ1) is 25.6. The third-order valence-corrected chi connectivity index (χ3v) is 8.00. The fraction of sp³-hybridized carbons (Fsp3) is 0.385. The number of aliphatic hydroxyl groups excluding tert-OH is 2. The predicted octanol–water partition coefficient (Wildman–Crippen LogP) is 4.07. The summed E-state index contributed by atoms with van der Waals surface area (Å²) in [6.07, 6.45) is 3.43. The van der Waals surface area contributed by atoms with Crippen molar-refractivity contribution < 1.29 is 24.9 Å². The average molecular weight is 487 g/mol. The predicted molar refractivity (Wildman–Crippen MR) is 136 cm³/mol. The zero-order chi connectivity index (χ0) is 23.6. The van der Waals surface area contributed by atoms with Crippen LogP contribution in [0.5, 0.6) is 0 Å². The monoisotopic (exact) mass is 486 g/mol. The maximum Gasteiger partial charge on any atom is 0.313 e. The van der Waals surface area contributed by atoms with Crippen LogP contribution in [0.25, 0.3) is 11.1 Å². The van der Waals surface area contributed by atoms with Gasteiger partial charge in [-0.15, -0.1) is 11.8 Å². The Morgan fingerprint density at radius 1 is 1.09 bits per heavy atom. The van der Waals surface area contributed by atoms with E-state index in [0.717, 1.165) is 34.6 Å². The molecule has 0 spiro atoms. The summed E-state index contributed by atoms with van der Waals surface area (Å²) in [7, 11) is 0. The van der Waals surface area contributed by atoms with Crippen molar-refractivity contribution in [1.82, 2.24) is 0 Å². The number of carbonyl (C=O) groups excluding carboxylic acids is 1. The first-order chi connectivity index (χ1) is 15.9. The number of carboxylic acids is 1. The third-order valence-electron chi connectivity index (χ3n) is 5.51. The van der Waals surface area contributed by atoms with Crippen LogP contribution in [0.1, 0.15) is 18.4 Å². The molecule has 0 aliphatic heterocycles. The highest BCUT2D eigenvalue weighted by Crippen LogP contribution is 2.34. The van der Waals surface area contributed by atoms with Crippen molar-refractivity contribution in [3.63, 3.8) is 0 Å². The lowest BCUT2D eigenvalue weighted by molar-refractivity contribution is -0.133. The summed E-state index contributed by atoms with van der Waals surface area (Å²) in [5.41, 5.74) is 3.23. The summed E-state index contributed by atoms with van der Waals surface area (Å²) in [4.78, 5) is 22.9. The van der Waals surface area contributed by atoms with Crippen LogP contribution < -0.4 is 0 Å². The molecule has 7 heteroatoms. The second kappa shape index (κ2) is 13.0. The molecule has 0 amide bonds. The van der Waals surface area contributed by atoms with Crippen LogP contribution in [0.3, 0.4) is 0 Å². The van der Waals surface area contributed by atoms with Gasteiger partial charge in [0.1, 0.15) is 5.78 Å². The molecular weight excluding hydrogens is 456 g/mol. The van der Waals surface area contributed by atoms with Crippen LogP contribution in [0.2, 0.25) is 0 Å². The second-order valence-corrected chi connectivity index (χ2v) is 10.5. The van der Waals surface area contributed by atoms with Gasteiger partial charge in [-0.1, -0.05) is 66.7 Å². The van der Waals surface area contributed by atoms with Crippen molar-refractivity contribution in [3.8, 4) is 11.1 Å². The number of thioether (sulfide) groups is 2. The minimum absolute atomic E-state index is 0.0328. The minimum Gasteiger partial charge on any atom is -0.481 e. The van der Waals surface area contributed by atoms with E-state index in [4.69, 9.17) is 5.11 Å². The first-order valence-corrected chi connectivity index (χ1v) is 13.3. The van der Waals surface area contributed by atoms with Crippen molar-refractivity contribution in [2.75, 3.05) is 17.3 Å². The Labute approximate surface area is 203 Å². The molecule has 0 aromatic heterocycles. The Hall–Kier alpha value is -2.06. The summed E-state index contributed by atoms with van der Waals surface area (Å²) in [5, 5.41) is 29.3. The van der Waals surface area contributed by atoms with E-state index in [2.05, 4.69) is 18.2 Å². The van der Waals surface area contributed by atoms with E-state index in [0.29, 0.717) is 6.42 Å². The highest BCUT2D eigenvalue weighted by atomic mass is 32.2. The van der Waals surface area contributed by atoms with Crippen LogP contribution in [-0.2, 0) is 16.0 Å². The topological polar surface area (TPSA) is 94.8 Å². The van der Waals surface area contributed by atoms with E-state index in [1.807, 2.05) is 36.4 Å². The molecular formula is C26H30O5S2. The van der Waals surface area contributed by atoms with Gasteiger partial charge in [0.25, 0.3) is 0 Å². The van der Waals surface area contributed by atoms with E-state index in [1.165, 1.54) is 23.5 Å². The molecule has 2 aromatic rings. The van der Waals surface area contributed by atoms with Gasteiger partial charge in [0, 0.05) is 18.8 Å². The van der Waals surface area contributed by atoms with Crippen molar-refractivity contribution in [2.24, 2.45) is 5.92 Å². The normalized spacial score (nSPS) is 21.5. The molecule has 1 saturated carbocycles. The van der Waals surface area contributed by atoms with Gasteiger partial charge in [-0.3, -0.25) is 9.59 Å². The van der Waals surface area contributed by atoms with E-state index in [9.17, 15) is 19.8 Å². The standard InChI is InChI=1S/C26H30O5S2/c27-21(15-18-6-4-9-20(14-18)19-7-2-1-3-8-19)10-11-22-23(28)16-24(29)26(22)33-13-5-12-32-17-25(30)31/h1-4,6-11,14,21-23,26-28H,5,12-13,15-17H2,(H,30,31)/b11-10+/t21?,22-,23+,26+/m0/s1. The Bertz CT molecular complexity index is 947. The molecule has 5 nitrogen and oxygen atoms in total. The van der Waals surface area contributed by atoms with Gasteiger partial charge in [-0.25, -0.2) is 0 Å². The highest BCUT2D eigenvalue weighted by Gasteiger charge is 2.40. The number of hydrogen-bond acceptors (Lipinski definition) is 6. The first-order valence-electron chi connectivity index (χ1n) is 11.1. The molecule has 4 atom stereocenters. The van der Waals surface area contributed by atoms with E-state index in [1.54, 1.807) is 12.2 Å². The number of aliphatic carboxylic acids is 1. The number of Topliss-reactive ketones (excluding diaryl/α,β-unsaturated/α-hetero) is 1. The molecule has 0 saturated heterocycles. The molecule has 1 unspecified atom stereocenters. The van der Waals surface area contributed by atoms with Gasteiger partial charge in [0.05, 0.1) is 23.2 Å². The zero-order valence-corrected chi connectivity index (χ0v) is 20.0. The number of hydrogen-bond donors (Lipinski definition) is 3. The number of benzene rings is 2. The molecule has 176 valence electrons. The molecule has 1 aliphatic carbocycles. The molecule has 1 aliphatic rings. The summed E-state index contributed by atoms with van der Waals surface area (Å²) < 4.78 is 0. The molecule has 1 fully saturated rings.